The highest BCUT2D eigenvalue weighted by atomic mass is 19.4. The summed E-state index contributed by atoms with van der Waals surface area (Å²) in [5, 5.41) is 15.9. The van der Waals surface area contributed by atoms with Crippen LogP contribution in [0.15, 0.2) is 24.3 Å². The number of halogens is 3. The highest BCUT2D eigenvalue weighted by Crippen LogP contribution is 2.32. The minimum atomic E-state index is -4.36. The summed E-state index contributed by atoms with van der Waals surface area (Å²) >= 11 is 0. The zero-order chi connectivity index (χ0) is 21.9. The van der Waals surface area contributed by atoms with Gasteiger partial charge in [-0.1, -0.05) is 6.07 Å². The highest BCUT2D eigenvalue weighted by Gasteiger charge is 2.38. The summed E-state index contributed by atoms with van der Waals surface area (Å²) in [7, 11) is 0. The molecule has 0 saturated carbocycles. The molecule has 2 amide bonds. The van der Waals surface area contributed by atoms with Gasteiger partial charge in [0.1, 0.15) is 6.10 Å². The number of benzene rings is 1. The summed E-state index contributed by atoms with van der Waals surface area (Å²) in [5.41, 5.74) is -0.0907. The summed E-state index contributed by atoms with van der Waals surface area (Å²) < 4.78 is 44.5. The number of aliphatic hydroxyl groups excluding tert-OH is 1. The molecule has 2 saturated heterocycles. The normalized spacial score (nSPS) is 25.6. The predicted molar refractivity (Wildman–Crippen MR) is 106 cm³/mol. The van der Waals surface area contributed by atoms with Crippen molar-refractivity contribution in [2.75, 3.05) is 44.2 Å². The molecule has 1 aromatic carbocycles. The molecule has 0 radical (unpaired) electrons. The molecule has 3 atom stereocenters. The van der Waals surface area contributed by atoms with Gasteiger partial charge in [0.15, 0.2) is 0 Å². The fourth-order valence-corrected chi connectivity index (χ4v) is 3.77. The van der Waals surface area contributed by atoms with Crippen molar-refractivity contribution < 1.29 is 27.8 Å². The Labute approximate surface area is 174 Å². The number of ether oxygens (including phenoxy) is 1. The molecule has 0 bridgehead atoms. The SMILES string of the molecule is CC(C)NC(=O)N[C@H]1CO[C@@H](CN2CCN(c3cccc(C(F)(F)F)c3)CC2)[C@@H]1O. The van der Waals surface area contributed by atoms with Gasteiger partial charge in [0.25, 0.3) is 0 Å². The summed E-state index contributed by atoms with van der Waals surface area (Å²) in [6.45, 7) is 6.91. The first-order chi connectivity index (χ1) is 14.1. The molecule has 3 rings (SSSR count). The molecule has 2 aliphatic rings. The maximum atomic E-state index is 12.9. The maximum absolute atomic E-state index is 12.9. The number of carbonyl (C=O) groups excluding carboxylic acids is 1. The number of rotatable bonds is 5. The topological polar surface area (TPSA) is 77.1 Å². The van der Waals surface area contributed by atoms with Crippen LogP contribution in [0, 0.1) is 0 Å². The fourth-order valence-electron chi connectivity index (χ4n) is 3.77. The molecule has 7 nitrogen and oxygen atoms in total. The summed E-state index contributed by atoms with van der Waals surface area (Å²) in [6.07, 6.45) is -5.59. The lowest BCUT2D eigenvalue weighted by Gasteiger charge is -2.37. The van der Waals surface area contributed by atoms with Crippen LogP contribution in [0.4, 0.5) is 23.7 Å². The molecule has 2 fully saturated rings. The largest absolute Gasteiger partial charge is 0.416 e. The van der Waals surface area contributed by atoms with Crippen molar-refractivity contribution in [3.8, 4) is 0 Å². The fraction of sp³-hybridized carbons (Fsp3) is 0.650. The van der Waals surface area contributed by atoms with E-state index in [9.17, 15) is 23.1 Å². The number of hydrogen-bond donors (Lipinski definition) is 3. The van der Waals surface area contributed by atoms with Crippen LogP contribution >= 0.6 is 0 Å². The second-order valence-electron chi connectivity index (χ2n) is 8.08. The number of carbonyl (C=O) groups is 1. The molecule has 0 spiro atoms. The Bertz CT molecular complexity index is 723. The number of urea groups is 1. The summed E-state index contributed by atoms with van der Waals surface area (Å²) in [4.78, 5) is 15.9. The average molecular weight is 430 g/mol. The van der Waals surface area contributed by atoms with E-state index in [2.05, 4.69) is 15.5 Å². The van der Waals surface area contributed by atoms with Crippen molar-refractivity contribution in [3.63, 3.8) is 0 Å². The standard InChI is InChI=1S/C20H29F3N4O3/c1-13(2)24-19(29)25-16-12-30-17(18(16)28)11-26-6-8-27(9-7-26)15-5-3-4-14(10-15)20(21,22)23/h3-5,10,13,16-18,28H,6-9,11-12H2,1-2H3,(H2,24,25,29)/t16-,17-,18+/m0/s1. The van der Waals surface area contributed by atoms with Crippen LogP contribution in [0.2, 0.25) is 0 Å². The van der Waals surface area contributed by atoms with Crippen LogP contribution in [0.25, 0.3) is 0 Å². The number of piperazine rings is 1. The summed E-state index contributed by atoms with van der Waals surface area (Å²) in [6, 6.07) is 4.55. The third-order valence-corrected chi connectivity index (χ3v) is 5.37. The zero-order valence-corrected chi connectivity index (χ0v) is 17.2. The molecule has 2 aliphatic heterocycles. The van der Waals surface area contributed by atoms with Gasteiger partial charge in [0.2, 0.25) is 0 Å². The van der Waals surface area contributed by atoms with Crippen LogP contribution in [-0.4, -0.2) is 79.7 Å². The van der Waals surface area contributed by atoms with E-state index in [4.69, 9.17) is 4.74 Å². The molecule has 168 valence electrons. The number of hydrogen-bond acceptors (Lipinski definition) is 5. The van der Waals surface area contributed by atoms with Crippen LogP contribution < -0.4 is 15.5 Å². The molecule has 0 unspecified atom stereocenters. The van der Waals surface area contributed by atoms with Crippen molar-refractivity contribution in [1.82, 2.24) is 15.5 Å². The maximum Gasteiger partial charge on any atom is 0.416 e. The second-order valence-corrected chi connectivity index (χ2v) is 8.08. The molecule has 10 heteroatoms. The van der Waals surface area contributed by atoms with Crippen LogP contribution in [-0.2, 0) is 10.9 Å². The lowest BCUT2D eigenvalue weighted by molar-refractivity contribution is -0.137. The van der Waals surface area contributed by atoms with E-state index in [1.54, 1.807) is 6.07 Å². The Morgan fingerprint density at radius 2 is 1.97 bits per heavy atom. The Hall–Kier alpha value is -2.04. The van der Waals surface area contributed by atoms with Gasteiger partial charge < -0.3 is 25.4 Å². The van der Waals surface area contributed by atoms with Crippen LogP contribution in [0.5, 0.6) is 0 Å². The molecule has 3 N–H and O–H groups in total. The van der Waals surface area contributed by atoms with Crippen molar-refractivity contribution >= 4 is 11.7 Å². The van der Waals surface area contributed by atoms with Gasteiger partial charge in [-0.3, -0.25) is 4.90 Å². The lowest BCUT2D eigenvalue weighted by Crippen LogP contribution is -2.53. The quantitative estimate of drug-likeness (QED) is 0.663. The lowest BCUT2D eigenvalue weighted by atomic mass is 10.1. The zero-order valence-electron chi connectivity index (χ0n) is 17.2. The van der Waals surface area contributed by atoms with Crippen molar-refractivity contribution in [2.24, 2.45) is 0 Å². The first kappa shape index (κ1) is 22.6. The molecule has 1 aromatic rings. The van der Waals surface area contributed by atoms with Gasteiger partial charge in [-0.15, -0.1) is 0 Å². The Kier molecular flexibility index (Phi) is 7.10. The van der Waals surface area contributed by atoms with E-state index in [-0.39, 0.29) is 18.7 Å². The minimum absolute atomic E-state index is 0.00613. The molecular formula is C20H29F3N4O3. The van der Waals surface area contributed by atoms with E-state index in [1.807, 2.05) is 18.7 Å². The van der Waals surface area contributed by atoms with Crippen LogP contribution in [0.1, 0.15) is 19.4 Å². The first-order valence-electron chi connectivity index (χ1n) is 10.1. The third kappa shape index (κ3) is 5.77. The summed E-state index contributed by atoms with van der Waals surface area (Å²) in [5.74, 6) is 0. The van der Waals surface area contributed by atoms with E-state index >= 15 is 0 Å². The number of aliphatic hydroxyl groups is 1. The van der Waals surface area contributed by atoms with Gasteiger partial charge in [-0.25, -0.2) is 4.79 Å². The predicted octanol–water partition coefficient (Wildman–Crippen LogP) is 1.66. The first-order valence-corrected chi connectivity index (χ1v) is 10.1. The minimum Gasteiger partial charge on any atom is -0.388 e. The van der Waals surface area contributed by atoms with Crippen LogP contribution in [0.3, 0.4) is 0 Å². The Morgan fingerprint density at radius 3 is 2.60 bits per heavy atom. The molecular weight excluding hydrogens is 401 g/mol. The number of nitrogens with one attached hydrogen (secondary N) is 2. The Balaban J connectivity index is 1.48. The molecule has 2 heterocycles. The van der Waals surface area contributed by atoms with E-state index < -0.39 is 30.0 Å². The number of alkyl halides is 3. The highest BCUT2D eigenvalue weighted by molar-refractivity contribution is 5.74. The third-order valence-electron chi connectivity index (χ3n) is 5.37. The van der Waals surface area contributed by atoms with E-state index in [0.29, 0.717) is 38.4 Å². The molecule has 0 aliphatic carbocycles. The van der Waals surface area contributed by atoms with Gasteiger partial charge in [0.05, 0.1) is 24.3 Å². The van der Waals surface area contributed by atoms with Crippen molar-refractivity contribution in [3.05, 3.63) is 29.8 Å². The number of anilines is 1. The van der Waals surface area contributed by atoms with Gasteiger partial charge in [0, 0.05) is 44.5 Å². The van der Waals surface area contributed by atoms with Gasteiger partial charge in [-0.2, -0.15) is 13.2 Å². The Morgan fingerprint density at radius 1 is 1.27 bits per heavy atom. The molecule has 30 heavy (non-hydrogen) atoms. The van der Waals surface area contributed by atoms with Crippen molar-refractivity contribution in [1.29, 1.82) is 0 Å². The number of nitrogens with zero attached hydrogens (tertiary/aromatic N) is 2. The van der Waals surface area contributed by atoms with Gasteiger partial charge in [-0.05, 0) is 32.0 Å². The monoisotopic (exact) mass is 430 g/mol. The average Bonchev–Trinajstić information content (AvgIpc) is 3.01. The smallest absolute Gasteiger partial charge is 0.388 e. The van der Waals surface area contributed by atoms with Crippen molar-refractivity contribution in [2.45, 2.75) is 44.3 Å². The number of amides is 2. The van der Waals surface area contributed by atoms with E-state index in [1.165, 1.54) is 12.1 Å². The second kappa shape index (κ2) is 9.40. The molecule has 0 aromatic heterocycles. The van der Waals surface area contributed by atoms with Gasteiger partial charge >= 0.3 is 12.2 Å². The van der Waals surface area contributed by atoms with E-state index in [0.717, 1.165) is 6.07 Å².